The van der Waals surface area contributed by atoms with E-state index >= 15 is 0 Å². The van der Waals surface area contributed by atoms with E-state index in [0.717, 1.165) is 44.3 Å². The van der Waals surface area contributed by atoms with Gasteiger partial charge in [0.15, 0.2) is 0 Å². The van der Waals surface area contributed by atoms with Crippen LogP contribution in [-0.2, 0) is 11.2 Å². The largest absolute Gasteiger partial charge is 0.469 e. The van der Waals surface area contributed by atoms with Crippen molar-refractivity contribution in [1.82, 2.24) is 5.32 Å². The van der Waals surface area contributed by atoms with Crippen molar-refractivity contribution in [2.24, 2.45) is 11.7 Å². The Kier molecular flexibility index (Phi) is 5.65. The molecule has 0 bridgehead atoms. The number of carbonyl (C=O) groups is 1. The van der Waals surface area contributed by atoms with E-state index in [9.17, 15) is 4.79 Å². The number of fused-ring (bicyclic) bond motifs is 1. The molecule has 1 heterocycles. The number of hydrogen-bond donors (Lipinski definition) is 2. The van der Waals surface area contributed by atoms with Crippen LogP contribution >= 0.6 is 0 Å². The Bertz CT molecular complexity index is 428. The molecular formula is C16H26N2O2. The maximum Gasteiger partial charge on any atom is 0.220 e. The number of hydrogen-bond acceptors (Lipinski definition) is 3. The van der Waals surface area contributed by atoms with Crippen LogP contribution in [0.15, 0.2) is 16.7 Å². The lowest BCUT2D eigenvalue weighted by atomic mass is 9.92. The molecule has 1 aromatic heterocycles. The first-order chi connectivity index (χ1) is 9.74. The zero-order chi connectivity index (χ0) is 14.4. The van der Waals surface area contributed by atoms with Gasteiger partial charge in [-0.25, -0.2) is 0 Å². The number of nitrogens with one attached hydrogen (secondary N) is 1. The lowest BCUT2D eigenvalue weighted by molar-refractivity contribution is -0.122. The minimum atomic E-state index is 0.139. The van der Waals surface area contributed by atoms with E-state index in [4.69, 9.17) is 10.2 Å². The molecule has 0 saturated carbocycles. The third kappa shape index (κ3) is 3.85. The Labute approximate surface area is 121 Å². The van der Waals surface area contributed by atoms with Crippen LogP contribution in [0.5, 0.6) is 0 Å². The molecule has 1 amide bonds. The van der Waals surface area contributed by atoms with Gasteiger partial charge >= 0.3 is 0 Å². The van der Waals surface area contributed by atoms with Crippen LogP contribution in [0.1, 0.15) is 62.8 Å². The van der Waals surface area contributed by atoms with Gasteiger partial charge in [0.25, 0.3) is 0 Å². The molecule has 2 atom stereocenters. The Morgan fingerprint density at radius 2 is 2.40 bits per heavy atom. The molecule has 3 N–H and O–H groups in total. The minimum Gasteiger partial charge on any atom is -0.469 e. The molecule has 0 aliphatic heterocycles. The van der Waals surface area contributed by atoms with E-state index in [1.165, 1.54) is 5.56 Å². The van der Waals surface area contributed by atoms with Crippen LogP contribution in [-0.4, -0.2) is 12.5 Å². The second-order valence-corrected chi connectivity index (χ2v) is 5.70. The summed E-state index contributed by atoms with van der Waals surface area (Å²) in [5.41, 5.74) is 6.76. The number of furan rings is 1. The van der Waals surface area contributed by atoms with E-state index in [-0.39, 0.29) is 11.9 Å². The van der Waals surface area contributed by atoms with Crippen LogP contribution in [0.2, 0.25) is 0 Å². The average Bonchev–Trinajstić information content (AvgIpc) is 2.93. The predicted molar refractivity (Wildman–Crippen MR) is 79.2 cm³/mol. The van der Waals surface area contributed by atoms with E-state index < -0.39 is 0 Å². The van der Waals surface area contributed by atoms with Crippen molar-refractivity contribution in [2.75, 3.05) is 6.54 Å². The number of aryl methyl sites for hydroxylation is 1. The molecule has 0 spiro atoms. The van der Waals surface area contributed by atoms with Crippen molar-refractivity contribution >= 4 is 5.91 Å². The highest BCUT2D eigenvalue weighted by Gasteiger charge is 2.24. The first kappa shape index (κ1) is 15.1. The Morgan fingerprint density at radius 3 is 3.15 bits per heavy atom. The summed E-state index contributed by atoms with van der Waals surface area (Å²) in [7, 11) is 0. The minimum absolute atomic E-state index is 0.139. The summed E-state index contributed by atoms with van der Waals surface area (Å²) >= 11 is 0. The quantitative estimate of drug-likeness (QED) is 0.805. The molecule has 1 aromatic rings. The van der Waals surface area contributed by atoms with Gasteiger partial charge in [-0.05, 0) is 44.2 Å². The van der Waals surface area contributed by atoms with Crippen LogP contribution in [0.25, 0.3) is 0 Å². The molecule has 4 heteroatoms. The average molecular weight is 278 g/mol. The van der Waals surface area contributed by atoms with Crippen molar-refractivity contribution in [3.05, 3.63) is 23.7 Å². The normalized spacial score (nSPS) is 19.4. The molecule has 0 fully saturated rings. The van der Waals surface area contributed by atoms with E-state index in [0.29, 0.717) is 18.9 Å². The molecule has 0 radical (unpaired) electrons. The van der Waals surface area contributed by atoms with Crippen LogP contribution in [0.4, 0.5) is 0 Å². The monoisotopic (exact) mass is 278 g/mol. The maximum atomic E-state index is 12.1. The molecule has 20 heavy (non-hydrogen) atoms. The first-order valence-corrected chi connectivity index (χ1v) is 7.80. The fraction of sp³-hybridized carbons (Fsp3) is 0.688. The van der Waals surface area contributed by atoms with Crippen molar-refractivity contribution < 1.29 is 9.21 Å². The number of rotatable bonds is 7. The fourth-order valence-electron chi connectivity index (χ4n) is 3.03. The molecule has 1 aliphatic carbocycles. The molecule has 0 saturated heterocycles. The van der Waals surface area contributed by atoms with E-state index in [2.05, 4.69) is 12.2 Å². The van der Waals surface area contributed by atoms with Gasteiger partial charge < -0.3 is 15.5 Å². The summed E-state index contributed by atoms with van der Waals surface area (Å²) in [6.07, 6.45) is 8.45. The topological polar surface area (TPSA) is 68.3 Å². The molecule has 1 aliphatic rings. The Hall–Kier alpha value is -1.29. The highest BCUT2D eigenvalue weighted by Crippen LogP contribution is 2.30. The predicted octanol–water partition coefficient (Wildman–Crippen LogP) is 2.93. The highest BCUT2D eigenvalue weighted by molar-refractivity contribution is 5.76. The third-order valence-electron chi connectivity index (χ3n) is 4.32. The van der Waals surface area contributed by atoms with Gasteiger partial charge in [-0.2, -0.15) is 0 Å². The Morgan fingerprint density at radius 1 is 1.55 bits per heavy atom. The Balaban J connectivity index is 1.81. The van der Waals surface area contributed by atoms with Gasteiger partial charge in [0, 0.05) is 18.4 Å². The molecule has 2 unspecified atom stereocenters. The molecule has 0 aromatic carbocycles. The van der Waals surface area contributed by atoms with Crippen molar-refractivity contribution in [1.29, 1.82) is 0 Å². The smallest absolute Gasteiger partial charge is 0.220 e. The van der Waals surface area contributed by atoms with Crippen LogP contribution < -0.4 is 11.1 Å². The molecule has 4 nitrogen and oxygen atoms in total. The van der Waals surface area contributed by atoms with Gasteiger partial charge in [-0.1, -0.05) is 13.3 Å². The lowest BCUT2D eigenvalue weighted by Crippen LogP contribution is -2.30. The lowest BCUT2D eigenvalue weighted by Gasteiger charge is -2.23. The zero-order valence-corrected chi connectivity index (χ0v) is 12.4. The summed E-state index contributed by atoms with van der Waals surface area (Å²) < 4.78 is 5.45. The fourth-order valence-corrected chi connectivity index (χ4v) is 3.03. The second-order valence-electron chi connectivity index (χ2n) is 5.70. The summed E-state index contributed by atoms with van der Waals surface area (Å²) in [5, 5.41) is 3.15. The summed E-state index contributed by atoms with van der Waals surface area (Å²) in [6.45, 7) is 2.87. The standard InChI is InChI=1S/C16H26N2O2/c1-2-12(8-10-17)6-7-16(19)18-14-4-3-5-15-13(14)9-11-20-15/h9,11-12,14H,2-8,10,17H2,1H3,(H,18,19). The maximum absolute atomic E-state index is 12.1. The zero-order valence-electron chi connectivity index (χ0n) is 12.4. The number of amides is 1. The molecular weight excluding hydrogens is 252 g/mol. The van der Waals surface area contributed by atoms with Crippen LogP contribution in [0, 0.1) is 5.92 Å². The van der Waals surface area contributed by atoms with E-state index in [1.807, 2.05) is 6.07 Å². The van der Waals surface area contributed by atoms with E-state index in [1.54, 1.807) is 6.26 Å². The first-order valence-electron chi connectivity index (χ1n) is 7.80. The van der Waals surface area contributed by atoms with Crippen molar-refractivity contribution in [3.8, 4) is 0 Å². The van der Waals surface area contributed by atoms with Crippen molar-refractivity contribution in [2.45, 2.75) is 57.9 Å². The third-order valence-corrected chi connectivity index (χ3v) is 4.32. The summed E-state index contributed by atoms with van der Waals surface area (Å²) in [4.78, 5) is 12.1. The highest BCUT2D eigenvalue weighted by atomic mass is 16.3. The molecule has 112 valence electrons. The number of nitrogens with two attached hydrogens (primary N) is 1. The van der Waals surface area contributed by atoms with Gasteiger partial charge in [-0.3, -0.25) is 4.79 Å². The van der Waals surface area contributed by atoms with Gasteiger partial charge in [0.2, 0.25) is 5.91 Å². The van der Waals surface area contributed by atoms with Gasteiger partial charge in [0.1, 0.15) is 5.76 Å². The van der Waals surface area contributed by atoms with Crippen LogP contribution in [0.3, 0.4) is 0 Å². The SMILES string of the molecule is CCC(CCN)CCC(=O)NC1CCCc2occc21. The summed E-state index contributed by atoms with van der Waals surface area (Å²) in [5.74, 6) is 1.76. The van der Waals surface area contributed by atoms with Gasteiger partial charge in [0.05, 0.1) is 12.3 Å². The van der Waals surface area contributed by atoms with Crippen molar-refractivity contribution in [3.63, 3.8) is 0 Å². The second kappa shape index (κ2) is 7.48. The molecule has 2 rings (SSSR count). The van der Waals surface area contributed by atoms with Gasteiger partial charge in [-0.15, -0.1) is 0 Å². The number of carbonyl (C=O) groups excluding carboxylic acids is 1. The summed E-state index contributed by atoms with van der Waals surface area (Å²) in [6, 6.07) is 2.13.